The number of hydrogen-bond donors (Lipinski definition) is 0. The van der Waals surface area contributed by atoms with Gasteiger partial charge < -0.3 is 9.64 Å². The molecule has 0 radical (unpaired) electrons. The molecule has 0 saturated heterocycles. The lowest BCUT2D eigenvalue weighted by Gasteiger charge is -2.25. The van der Waals surface area contributed by atoms with E-state index in [0.29, 0.717) is 12.2 Å². The van der Waals surface area contributed by atoms with Gasteiger partial charge in [0.1, 0.15) is 11.9 Å². The number of rotatable bonds is 3. The molecule has 0 aromatic heterocycles. The van der Waals surface area contributed by atoms with E-state index < -0.39 is 0 Å². The smallest absolute Gasteiger partial charge is 0.265 e. The minimum absolute atomic E-state index is 0.126. The van der Waals surface area contributed by atoms with Crippen molar-refractivity contribution in [2.45, 2.75) is 18.9 Å². The predicted octanol–water partition coefficient (Wildman–Crippen LogP) is 5.43. The Morgan fingerprint density at radius 2 is 2.07 bits per heavy atom. The molecule has 2 heterocycles. The fourth-order valence-electron chi connectivity index (χ4n) is 3.81. The summed E-state index contributed by atoms with van der Waals surface area (Å²) in [5.74, 6) is 0.661. The monoisotopic (exact) mass is 379 g/mol. The van der Waals surface area contributed by atoms with Gasteiger partial charge in [-0.05, 0) is 53.0 Å². The average Bonchev–Trinajstić information content (AvgIpc) is 3.14. The highest BCUT2D eigenvalue weighted by molar-refractivity contribution is 5.64. The van der Waals surface area contributed by atoms with Gasteiger partial charge in [-0.2, -0.15) is 0 Å². The summed E-state index contributed by atoms with van der Waals surface area (Å²) >= 11 is 0. The predicted molar refractivity (Wildman–Crippen MR) is 115 cm³/mol. The molecule has 2 aromatic carbocycles. The van der Waals surface area contributed by atoms with Crippen LogP contribution in [0.15, 0.2) is 77.7 Å². The average molecular weight is 379 g/mol. The van der Waals surface area contributed by atoms with Crippen molar-refractivity contribution in [2.24, 2.45) is 0 Å². The fourth-order valence-corrected chi connectivity index (χ4v) is 3.81. The molecule has 4 heteroatoms. The molecule has 0 aliphatic carbocycles. The molecule has 4 nitrogen and oxygen atoms in total. The lowest BCUT2D eigenvalue weighted by Crippen LogP contribution is -2.12. The molecule has 29 heavy (non-hydrogen) atoms. The molecule has 1 atom stereocenters. The second-order valence-corrected chi connectivity index (χ2v) is 7.26. The number of anilines is 1. The van der Waals surface area contributed by atoms with Crippen molar-refractivity contribution < 1.29 is 4.74 Å². The third kappa shape index (κ3) is 3.93. The minimum atomic E-state index is -0.213. The Labute approximate surface area is 171 Å². The van der Waals surface area contributed by atoms with E-state index in [2.05, 4.69) is 35.0 Å². The van der Waals surface area contributed by atoms with Crippen LogP contribution in [-0.4, -0.2) is 13.6 Å². The van der Waals surface area contributed by atoms with E-state index in [9.17, 15) is 5.26 Å². The number of hydrogen-bond acceptors (Lipinski definition) is 3. The van der Waals surface area contributed by atoms with Crippen molar-refractivity contribution >= 4 is 11.8 Å². The molecule has 2 aromatic rings. The number of nitrogens with zero attached hydrogens (tertiary/aromatic N) is 3. The Morgan fingerprint density at radius 1 is 1.24 bits per heavy atom. The van der Waals surface area contributed by atoms with Gasteiger partial charge in [0.2, 0.25) is 0 Å². The van der Waals surface area contributed by atoms with Crippen LogP contribution in [0.2, 0.25) is 0 Å². The molecular formula is C25H21N3O. The van der Waals surface area contributed by atoms with Crippen LogP contribution in [0.3, 0.4) is 0 Å². The zero-order valence-electron chi connectivity index (χ0n) is 16.3. The van der Waals surface area contributed by atoms with Gasteiger partial charge in [-0.15, -0.1) is 0 Å². The standard InChI is InChI=1S/C25H21N3O/c1-27-23(17-26)21-15-22(29-25(16-21)19-6-4-3-5-7-19)10-8-18-9-11-24-20(14-18)12-13-28(24)2/h3-11,14-15,25H,12-13,16H2,2H3. The first-order valence-corrected chi connectivity index (χ1v) is 9.64. The first-order chi connectivity index (χ1) is 14.2. The van der Waals surface area contributed by atoms with Crippen LogP contribution in [0.1, 0.15) is 29.2 Å². The van der Waals surface area contributed by atoms with E-state index in [-0.39, 0.29) is 11.8 Å². The normalized spacial score (nSPS) is 19.8. The maximum atomic E-state index is 9.33. The molecule has 142 valence electrons. The molecule has 4 rings (SSSR count). The van der Waals surface area contributed by atoms with E-state index in [1.54, 1.807) is 0 Å². The van der Waals surface area contributed by atoms with Gasteiger partial charge in [-0.3, -0.25) is 0 Å². The summed E-state index contributed by atoms with van der Waals surface area (Å²) in [4.78, 5) is 5.67. The zero-order chi connectivity index (χ0) is 20.2. The molecular weight excluding hydrogens is 358 g/mol. The van der Waals surface area contributed by atoms with Gasteiger partial charge in [-0.1, -0.05) is 42.5 Å². The highest BCUT2D eigenvalue weighted by atomic mass is 16.5. The van der Waals surface area contributed by atoms with Gasteiger partial charge in [0.05, 0.1) is 12.6 Å². The van der Waals surface area contributed by atoms with Crippen molar-refractivity contribution in [1.82, 2.24) is 0 Å². The quantitative estimate of drug-likeness (QED) is 0.527. The first kappa shape index (κ1) is 18.6. The number of nitriles is 1. The number of likely N-dealkylation sites (N-methyl/N-ethyl adjacent to an activating group) is 1. The topological polar surface area (TPSA) is 40.6 Å². The van der Waals surface area contributed by atoms with Crippen molar-refractivity contribution in [1.29, 1.82) is 5.26 Å². The summed E-state index contributed by atoms with van der Waals surface area (Å²) in [5, 5.41) is 9.33. The van der Waals surface area contributed by atoms with E-state index >= 15 is 0 Å². The summed E-state index contributed by atoms with van der Waals surface area (Å²) in [7, 11) is 2.11. The van der Waals surface area contributed by atoms with Crippen LogP contribution in [0.25, 0.3) is 10.9 Å². The molecule has 2 aliphatic rings. The van der Waals surface area contributed by atoms with E-state index in [1.165, 1.54) is 11.3 Å². The maximum Gasteiger partial charge on any atom is 0.265 e. The van der Waals surface area contributed by atoms with Gasteiger partial charge in [-0.25, -0.2) is 10.1 Å². The Balaban J connectivity index is 1.64. The minimum Gasteiger partial charge on any atom is -0.485 e. The summed E-state index contributed by atoms with van der Waals surface area (Å²) in [6.45, 7) is 8.36. The lowest BCUT2D eigenvalue weighted by atomic mass is 9.97. The SMILES string of the molecule is [C-]#[N+]C(C#N)=C1C=C(C=Cc2ccc3c(c2)CCN3C)OC(c2ccccc2)C1. The molecule has 0 spiro atoms. The molecule has 0 saturated carbocycles. The summed E-state index contributed by atoms with van der Waals surface area (Å²) < 4.78 is 6.19. The lowest BCUT2D eigenvalue weighted by molar-refractivity contribution is 0.118. The fraction of sp³-hybridized carbons (Fsp3) is 0.200. The molecule has 0 fully saturated rings. The number of ether oxygens (including phenoxy) is 1. The third-order valence-electron chi connectivity index (χ3n) is 5.36. The van der Waals surface area contributed by atoms with E-state index in [0.717, 1.165) is 29.7 Å². The van der Waals surface area contributed by atoms with Crippen molar-refractivity contribution in [2.75, 3.05) is 18.5 Å². The largest absolute Gasteiger partial charge is 0.485 e. The zero-order valence-corrected chi connectivity index (χ0v) is 16.3. The number of allylic oxidation sites excluding steroid dienone is 3. The molecule has 0 N–H and O–H groups in total. The van der Waals surface area contributed by atoms with Gasteiger partial charge in [0, 0.05) is 25.7 Å². The highest BCUT2D eigenvalue weighted by Crippen LogP contribution is 2.35. The van der Waals surface area contributed by atoms with Crippen molar-refractivity contribution in [3.63, 3.8) is 0 Å². The van der Waals surface area contributed by atoms with Crippen LogP contribution >= 0.6 is 0 Å². The summed E-state index contributed by atoms with van der Waals surface area (Å²) in [6, 6.07) is 18.4. The molecule has 0 amide bonds. The molecule has 1 unspecified atom stereocenters. The molecule has 2 aliphatic heterocycles. The van der Waals surface area contributed by atoms with Gasteiger partial charge in [0.15, 0.2) is 0 Å². The summed E-state index contributed by atoms with van der Waals surface area (Å²) in [6.07, 6.45) is 7.13. The maximum absolute atomic E-state index is 9.33. The van der Waals surface area contributed by atoms with Crippen LogP contribution in [0.4, 0.5) is 5.69 Å². The Hall–Kier alpha value is -3.76. The number of fused-ring (bicyclic) bond motifs is 1. The molecule has 0 bridgehead atoms. The Bertz CT molecular complexity index is 1080. The Morgan fingerprint density at radius 3 is 2.83 bits per heavy atom. The van der Waals surface area contributed by atoms with Crippen molar-refractivity contribution in [3.05, 3.63) is 106 Å². The van der Waals surface area contributed by atoms with Crippen LogP contribution in [-0.2, 0) is 11.2 Å². The van der Waals surface area contributed by atoms with Crippen LogP contribution < -0.4 is 4.90 Å². The summed E-state index contributed by atoms with van der Waals surface area (Å²) in [5.41, 5.74) is 5.64. The first-order valence-electron chi connectivity index (χ1n) is 9.64. The van der Waals surface area contributed by atoms with E-state index in [1.807, 2.05) is 54.6 Å². The highest BCUT2D eigenvalue weighted by Gasteiger charge is 2.22. The van der Waals surface area contributed by atoms with Gasteiger partial charge >= 0.3 is 0 Å². The van der Waals surface area contributed by atoms with Gasteiger partial charge in [0.25, 0.3) is 5.70 Å². The number of benzene rings is 2. The second kappa shape index (κ2) is 8.09. The van der Waals surface area contributed by atoms with Crippen LogP contribution in [0.5, 0.6) is 0 Å². The third-order valence-corrected chi connectivity index (χ3v) is 5.36. The second-order valence-electron chi connectivity index (χ2n) is 7.26. The van der Waals surface area contributed by atoms with Crippen LogP contribution in [0, 0.1) is 17.9 Å². The van der Waals surface area contributed by atoms with E-state index in [4.69, 9.17) is 11.3 Å². The Kier molecular flexibility index (Phi) is 5.18. The van der Waals surface area contributed by atoms with Crippen molar-refractivity contribution in [3.8, 4) is 6.07 Å².